The molecule has 0 N–H and O–H groups in total. The normalized spacial score (nSPS) is 23.5. The minimum Gasteiger partial charge on any atom is -0.381 e. The van der Waals surface area contributed by atoms with Crippen molar-refractivity contribution < 1.29 is 4.74 Å². The molecule has 3 fully saturated rings. The van der Waals surface area contributed by atoms with Gasteiger partial charge in [-0.3, -0.25) is 0 Å². The first kappa shape index (κ1) is 17.4. The third-order valence-electron chi connectivity index (χ3n) is 6.51. The summed E-state index contributed by atoms with van der Waals surface area (Å²) < 4.78 is 7.50. The highest BCUT2D eigenvalue weighted by molar-refractivity contribution is 5.46. The number of nitrogens with zero attached hydrogens (tertiary/aromatic N) is 6. The molecule has 0 bridgehead atoms. The fourth-order valence-corrected chi connectivity index (χ4v) is 4.83. The van der Waals surface area contributed by atoms with Crippen molar-refractivity contribution in [3.8, 4) is 0 Å². The lowest BCUT2D eigenvalue weighted by Gasteiger charge is -2.34. The highest BCUT2D eigenvalue weighted by Crippen LogP contribution is 2.29. The van der Waals surface area contributed by atoms with Gasteiger partial charge in [-0.15, -0.1) is 15.3 Å². The smallest absolute Gasteiger partial charge is 0.178 e. The lowest BCUT2D eigenvalue weighted by molar-refractivity contribution is 0.0486. The van der Waals surface area contributed by atoms with E-state index in [1.807, 2.05) is 4.52 Å². The Kier molecular flexibility index (Phi) is 4.97. The Morgan fingerprint density at radius 3 is 2.48 bits per heavy atom. The first-order valence-electron chi connectivity index (χ1n) is 10.6. The van der Waals surface area contributed by atoms with Crippen molar-refractivity contribution in [2.45, 2.75) is 44.4 Å². The molecular weight excluding hydrogens is 340 g/mol. The maximum atomic E-state index is 5.50. The molecule has 5 heterocycles. The molecule has 0 aliphatic carbocycles. The van der Waals surface area contributed by atoms with E-state index in [0.29, 0.717) is 5.92 Å². The number of hydrogen-bond donors (Lipinski definition) is 0. The lowest BCUT2D eigenvalue weighted by atomic mass is 9.93. The zero-order valence-electron chi connectivity index (χ0n) is 16.1. The Labute approximate surface area is 160 Å². The standard InChI is InChI=1S/C20H30N6O/c1-2-10-25(9-1)19-4-3-18-21-22-20(26(18)23-19)17-5-11-24(12-6-17)15-16-7-13-27-14-8-16/h3-4,16-17H,1-2,5-15H2. The number of fused-ring (bicyclic) bond motifs is 1. The van der Waals surface area contributed by atoms with Gasteiger partial charge in [0, 0.05) is 38.8 Å². The van der Waals surface area contributed by atoms with E-state index in [9.17, 15) is 0 Å². The molecule has 7 heteroatoms. The molecule has 2 aromatic rings. The number of hydrogen-bond acceptors (Lipinski definition) is 6. The summed E-state index contributed by atoms with van der Waals surface area (Å²) in [4.78, 5) is 5.01. The van der Waals surface area contributed by atoms with Crippen molar-refractivity contribution in [1.82, 2.24) is 24.7 Å². The van der Waals surface area contributed by atoms with Crippen LogP contribution >= 0.6 is 0 Å². The summed E-state index contributed by atoms with van der Waals surface area (Å²) in [6.45, 7) is 7.65. The van der Waals surface area contributed by atoms with Crippen LogP contribution in [0.4, 0.5) is 5.82 Å². The predicted molar refractivity (Wildman–Crippen MR) is 104 cm³/mol. The molecule has 0 unspecified atom stereocenters. The minimum absolute atomic E-state index is 0.465. The van der Waals surface area contributed by atoms with Gasteiger partial charge in [0.2, 0.25) is 0 Å². The number of anilines is 1. The molecule has 7 nitrogen and oxygen atoms in total. The lowest BCUT2D eigenvalue weighted by Crippen LogP contribution is -2.38. The average Bonchev–Trinajstić information content (AvgIpc) is 3.39. The summed E-state index contributed by atoms with van der Waals surface area (Å²) in [5.74, 6) is 3.40. The van der Waals surface area contributed by atoms with Crippen molar-refractivity contribution in [2.24, 2.45) is 5.92 Å². The molecule has 0 saturated carbocycles. The molecule has 3 aliphatic rings. The number of piperidine rings is 1. The largest absolute Gasteiger partial charge is 0.381 e. The Bertz CT molecular complexity index is 757. The molecule has 3 aliphatic heterocycles. The van der Waals surface area contributed by atoms with E-state index >= 15 is 0 Å². The molecule has 0 atom stereocenters. The van der Waals surface area contributed by atoms with Crippen LogP contribution in [0.5, 0.6) is 0 Å². The quantitative estimate of drug-likeness (QED) is 0.823. The predicted octanol–water partition coefficient (Wildman–Crippen LogP) is 2.33. The Morgan fingerprint density at radius 2 is 1.70 bits per heavy atom. The van der Waals surface area contributed by atoms with Gasteiger partial charge in [-0.25, -0.2) is 0 Å². The summed E-state index contributed by atoms with van der Waals surface area (Å²) in [6.07, 6.45) is 7.27. The van der Waals surface area contributed by atoms with Crippen molar-refractivity contribution in [3.63, 3.8) is 0 Å². The summed E-state index contributed by atoms with van der Waals surface area (Å²) in [7, 11) is 0. The third-order valence-corrected chi connectivity index (χ3v) is 6.51. The molecule has 0 spiro atoms. The van der Waals surface area contributed by atoms with Crippen LogP contribution in [0.1, 0.15) is 50.3 Å². The average molecular weight is 371 g/mol. The second-order valence-electron chi connectivity index (χ2n) is 8.34. The van der Waals surface area contributed by atoms with Crippen LogP contribution in [0.15, 0.2) is 12.1 Å². The van der Waals surface area contributed by atoms with Crippen LogP contribution in [0, 0.1) is 5.92 Å². The second-order valence-corrected chi connectivity index (χ2v) is 8.34. The first-order chi connectivity index (χ1) is 13.4. The molecule has 0 aromatic carbocycles. The van der Waals surface area contributed by atoms with Crippen LogP contribution in [-0.2, 0) is 4.74 Å². The van der Waals surface area contributed by atoms with Gasteiger partial charge in [0.15, 0.2) is 11.5 Å². The Hall–Kier alpha value is -1.73. The molecule has 0 amide bonds. The maximum Gasteiger partial charge on any atom is 0.178 e. The van der Waals surface area contributed by atoms with Crippen LogP contribution in [0.2, 0.25) is 0 Å². The van der Waals surface area contributed by atoms with Crippen molar-refractivity contribution >= 4 is 11.5 Å². The summed E-state index contributed by atoms with van der Waals surface area (Å²) in [5.41, 5.74) is 0.873. The monoisotopic (exact) mass is 370 g/mol. The fraction of sp³-hybridized carbons (Fsp3) is 0.750. The van der Waals surface area contributed by atoms with E-state index in [1.165, 1.54) is 32.2 Å². The summed E-state index contributed by atoms with van der Waals surface area (Å²) >= 11 is 0. The van der Waals surface area contributed by atoms with Crippen LogP contribution < -0.4 is 4.90 Å². The second kappa shape index (κ2) is 7.72. The van der Waals surface area contributed by atoms with Gasteiger partial charge < -0.3 is 14.5 Å². The minimum atomic E-state index is 0.465. The number of rotatable bonds is 4. The highest BCUT2D eigenvalue weighted by Gasteiger charge is 2.27. The van der Waals surface area contributed by atoms with Crippen LogP contribution in [0.3, 0.4) is 0 Å². The molecular formula is C20H30N6O. The molecule has 0 radical (unpaired) electrons. The van der Waals surface area contributed by atoms with E-state index in [4.69, 9.17) is 9.84 Å². The number of likely N-dealkylation sites (tertiary alicyclic amines) is 1. The number of aromatic nitrogens is 4. The van der Waals surface area contributed by atoms with Gasteiger partial charge in [-0.1, -0.05) is 0 Å². The van der Waals surface area contributed by atoms with Gasteiger partial charge in [0.1, 0.15) is 5.82 Å². The fourth-order valence-electron chi connectivity index (χ4n) is 4.83. The van der Waals surface area contributed by atoms with E-state index in [-0.39, 0.29) is 0 Å². The first-order valence-corrected chi connectivity index (χ1v) is 10.6. The summed E-state index contributed by atoms with van der Waals surface area (Å²) in [5, 5.41) is 13.8. The van der Waals surface area contributed by atoms with E-state index < -0.39 is 0 Å². The van der Waals surface area contributed by atoms with Gasteiger partial charge in [-0.05, 0) is 69.7 Å². The van der Waals surface area contributed by atoms with Gasteiger partial charge in [0.25, 0.3) is 0 Å². The zero-order valence-corrected chi connectivity index (χ0v) is 16.1. The third kappa shape index (κ3) is 3.67. The van der Waals surface area contributed by atoms with Crippen LogP contribution in [-0.4, -0.2) is 70.6 Å². The van der Waals surface area contributed by atoms with E-state index in [2.05, 4.69) is 32.1 Å². The molecule has 5 rings (SSSR count). The van der Waals surface area contributed by atoms with Crippen molar-refractivity contribution in [1.29, 1.82) is 0 Å². The molecule has 3 saturated heterocycles. The van der Waals surface area contributed by atoms with Crippen LogP contribution in [0.25, 0.3) is 5.65 Å². The topological polar surface area (TPSA) is 58.8 Å². The van der Waals surface area contributed by atoms with Crippen molar-refractivity contribution in [3.05, 3.63) is 18.0 Å². The van der Waals surface area contributed by atoms with Gasteiger partial charge >= 0.3 is 0 Å². The molecule has 146 valence electrons. The SMILES string of the molecule is c1cc2nnc(C3CCN(CC4CCOCC4)CC3)n2nc1N1CCCC1. The van der Waals surface area contributed by atoms with Crippen molar-refractivity contribution in [2.75, 3.05) is 50.8 Å². The number of ether oxygens (including phenoxy) is 1. The molecule has 27 heavy (non-hydrogen) atoms. The maximum absolute atomic E-state index is 5.50. The summed E-state index contributed by atoms with van der Waals surface area (Å²) in [6, 6.07) is 4.16. The Balaban J connectivity index is 1.26. The Morgan fingerprint density at radius 1 is 0.926 bits per heavy atom. The van der Waals surface area contributed by atoms with E-state index in [1.54, 1.807) is 0 Å². The highest BCUT2D eigenvalue weighted by atomic mass is 16.5. The van der Waals surface area contributed by atoms with Gasteiger partial charge in [-0.2, -0.15) is 4.52 Å². The zero-order chi connectivity index (χ0) is 18.1. The van der Waals surface area contributed by atoms with Gasteiger partial charge in [0.05, 0.1) is 0 Å². The van der Waals surface area contributed by atoms with E-state index in [0.717, 1.165) is 75.4 Å². The molecule has 2 aromatic heterocycles.